The maximum atomic E-state index is 12.2. The van der Waals surface area contributed by atoms with Gasteiger partial charge in [-0.05, 0) is 25.7 Å². The molecule has 0 aromatic rings. The summed E-state index contributed by atoms with van der Waals surface area (Å²) in [5.41, 5.74) is 0. The first-order chi connectivity index (χ1) is 9.06. The molecule has 0 radical (unpaired) electrons. The minimum absolute atomic E-state index is 0.0667. The van der Waals surface area contributed by atoms with E-state index in [-0.39, 0.29) is 16.8 Å². The van der Waals surface area contributed by atoms with E-state index in [2.05, 4.69) is 29.8 Å². The highest BCUT2D eigenvalue weighted by Crippen LogP contribution is 2.20. The summed E-state index contributed by atoms with van der Waals surface area (Å²) in [5.74, 6) is 0.537. The Hall–Kier alpha value is -0.130. The zero-order valence-electron chi connectivity index (χ0n) is 12.2. The Labute approximate surface area is 124 Å². The molecule has 0 N–H and O–H groups in total. The molecule has 0 aromatic carbocycles. The highest BCUT2D eigenvalue weighted by atomic mass is 79.9. The fraction of sp³-hybridized carbons (Fsp3) is 0.929. The molecular formula is C14H26BrNO3. The van der Waals surface area contributed by atoms with Gasteiger partial charge in [-0.15, -0.1) is 0 Å². The summed E-state index contributed by atoms with van der Waals surface area (Å²) in [6.07, 6.45) is 2.13. The van der Waals surface area contributed by atoms with E-state index in [4.69, 9.17) is 9.47 Å². The smallest absolute Gasteiger partial charge is 0.236 e. The minimum atomic E-state index is -0.0667. The minimum Gasteiger partial charge on any atom is -0.379 e. The molecule has 1 unspecified atom stereocenters. The second-order valence-corrected chi connectivity index (χ2v) is 6.22. The zero-order chi connectivity index (χ0) is 14.3. The average molecular weight is 336 g/mol. The number of nitrogens with zero attached hydrogens (tertiary/aromatic N) is 1. The average Bonchev–Trinajstić information content (AvgIpc) is 2.42. The molecule has 0 aromatic heterocycles. The van der Waals surface area contributed by atoms with Crippen LogP contribution < -0.4 is 0 Å². The van der Waals surface area contributed by atoms with Crippen LogP contribution in [0.25, 0.3) is 0 Å². The van der Waals surface area contributed by atoms with Gasteiger partial charge in [-0.1, -0.05) is 29.8 Å². The number of amides is 1. The quantitative estimate of drug-likeness (QED) is 0.530. The molecule has 5 heteroatoms. The van der Waals surface area contributed by atoms with Crippen LogP contribution in [0, 0.1) is 5.92 Å². The van der Waals surface area contributed by atoms with Crippen molar-refractivity contribution in [3.05, 3.63) is 0 Å². The number of likely N-dealkylation sites (tertiary alicyclic amines) is 1. The predicted molar refractivity (Wildman–Crippen MR) is 79.6 cm³/mol. The lowest BCUT2D eigenvalue weighted by molar-refractivity contribution is -0.134. The molecule has 1 fully saturated rings. The summed E-state index contributed by atoms with van der Waals surface area (Å²) in [4.78, 5) is 14.0. The van der Waals surface area contributed by atoms with E-state index in [0.717, 1.165) is 32.5 Å². The third-order valence-corrected chi connectivity index (χ3v) is 4.81. The molecule has 112 valence electrons. The van der Waals surface area contributed by atoms with Crippen LogP contribution in [0.1, 0.15) is 33.6 Å². The number of hydrogen-bond donors (Lipinski definition) is 0. The van der Waals surface area contributed by atoms with Crippen molar-refractivity contribution in [2.24, 2.45) is 5.92 Å². The summed E-state index contributed by atoms with van der Waals surface area (Å²) >= 11 is 3.48. The lowest BCUT2D eigenvalue weighted by atomic mass is 10.0. The second-order valence-electron chi connectivity index (χ2n) is 5.24. The zero-order valence-corrected chi connectivity index (χ0v) is 13.8. The van der Waals surface area contributed by atoms with Crippen LogP contribution in [0.3, 0.4) is 0 Å². The van der Waals surface area contributed by atoms with E-state index in [1.807, 2.05) is 11.8 Å². The SMILES string of the molecule is CCOCCOC1CCN(C(=O)C(Br)C(C)C)CC1. The van der Waals surface area contributed by atoms with Crippen molar-refractivity contribution in [1.29, 1.82) is 0 Å². The first-order valence-corrected chi connectivity index (χ1v) is 8.10. The first-order valence-electron chi connectivity index (χ1n) is 7.18. The summed E-state index contributed by atoms with van der Waals surface area (Å²) in [7, 11) is 0. The van der Waals surface area contributed by atoms with Crippen molar-refractivity contribution in [1.82, 2.24) is 4.90 Å². The third-order valence-electron chi connectivity index (χ3n) is 3.36. The molecule has 1 aliphatic rings. The molecular weight excluding hydrogens is 310 g/mol. The fourth-order valence-corrected chi connectivity index (χ4v) is 2.41. The molecule has 1 amide bonds. The van der Waals surface area contributed by atoms with Crippen molar-refractivity contribution >= 4 is 21.8 Å². The third kappa shape index (κ3) is 5.79. The number of carbonyl (C=O) groups is 1. The van der Waals surface area contributed by atoms with Gasteiger partial charge < -0.3 is 14.4 Å². The number of halogens is 1. The van der Waals surface area contributed by atoms with Gasteiger partial charge in [-0.25, -0.2) is 0 Å². The van der Waals surface area contributed by atoms with Crippen molar-refractivity contribution in [3.8, 4) is 0 Å². The summed E-state index contributed by atoms with van der Waals surface area (Å²) in [6, 6.07) is 0. The molecule has 0 aliphatic carbocycles. The van der Waals surface area contributed by atoms with Crippen LogP contribution in [0.4, 0.5) is 0 Å². The Morgan fingerprint density at radius 1 is 1.32 bits per heavy atom. The van der Waals surface area contributed by atoms with Crippen molar-refractivity contribution < 1.29 is 14.3 Å². The van der Waals surface area contributed by atoms with Crippen LogP contribution in [-0.4, -0.2) is 54.6 Å². The van der Waals surface area contributed by atoms with Gasteiger partial charge in [0.25, 0.3) is 0 Å². The molecule has 1 rings (SSSR count). The molecule has 1 aliphatic heterocycles. The molecule has 0 spiro atoms. The van der Waals surface area contributed by atoms with Gasteiger partial charge in [0.05, 0.1) is 24.1 Å². The van der Waals surface area contributed by atoms with Crippen LogP contribution in [0.5, 0.6) is 0 Å². The van der Waals surface area contributed by atoms with Crippen LogP contribution in [-0.2, 0) is 14.3 Å². The number of ether oxygens (including phenoxy) is 2. The maximum absolute atomic E-state index is 12.2. The van der Waals surface area contributed by atoms with Crippen LogP contribution >= 0.6 is 15.9 Å². The Balaban J connectivity index is 2.23. The molecule has 0 bridgehead atoms. The molecule has 19 heavy (non-hydrogen) atoms. The summed E-state index contributed by atoms with van der Waals surface area (Å²) in [5, 5.41) is 0. The highest BCUT2D eigenvalue weighted by Gasteiger charge is 2.28. The Bertz CT molecular complexity index is 265. The number of piperidine rings is 1. The molecule has 0 saturated carbocycles. The van der Waals surface area contributed by atoms with Crippen molar-refractivity contribution in [2.75, 3.05) is 32.9 Å². The van der Waals surface area contributed by atoms with E-state index < -0.39 is 0 Å². The highest BCUT2D eigenvalue weighted by molar-refractivity contribution is 9.10. The Kier molecular flexibility index (Phi) is 7.95. The Morgan fingerprint density at radius 3 is 2.47 bits per heavy atom. The van der Waals surface area contributed by atoms with Gasteiger partial charge in [-0.2, -0.15) is 0 Å². The maximum Gasteiger partial charge on any atom is 0.236 e. The van der Waals surface area contributed by atoms with E-state index >= 15 is 0 Å². The summed E-state index contributed by atoms with van der Waals surface area (Å²) in [6.45, 7) is 9.74. The standard InChI is InChI=1S/C14H26BrNO3/c1-4-18-9-10-19-12-5-7-16(8-6-12)14(17)13(15)11(2)3/h11-13H,4-10H2,1-3H3. The van der Waals surface area contributed by atoms with Gasteiger partial charge in [0.2, 0.25) is 5.91 Å². The lowest BCUT2D eigenvalue weighted by Crippen LogP contribution is -2.45. The molecule has 1 heterocycles. The lowest BCUT2D eigenvalue weighted by Gasteiger charge is -2.33. The molecule has 4 nitrogen and oxygen atoms in total. The van der Waals surface area contributed by atoms with E-state index in [9.17, 15) is 4.79 Å². The van der Waals surface area contributed by atoms with Gasteiger partial charge in [-0.3, -0.25) is 4.79 Å². The van der Waals surface area contributed by atoms with Crippen molar-refractivity contribution in [3.63, 3.8) is 0 Å². The predicted octanol–water partition coefficient (Wildman–Crippen LogP) is 2.45. The largest absolute Gasteiger partial charge is 0.379 e. The van der Waals surface area contributed by atoms with Gasteiger partial charge in [0.15, 0.2) is 0 Å². The monoisotopic (exact) mass is 335 g/mol. The van der Waals surface area contributed by atoms with Gasteiger partial charge in [0.1, 0.15) is 0 Å². The summed E-state index contributed by atoms with van der Waals surface area (Å²) < 4.78 is 11.0. The number of alkyl halides is 1. The number of hydrogen-bond acceptors (Lipinski definition) is 3. The van der Waals surface area contributed by atoms with E-state index in [1.54, 1.807) is 0 Å². The second kappa shape index (κ2) is 8.93. The van der Waals surface area contributed by atoms with Crippen molar-refractivity contribution in [2.45, 2.75) is 44.5 Å². The van der Waals surface area contributed by atoms with Gasteiger partial charge >= 0.3 is 0 Å². The van der Waals surface area contributed by atoms with Crippen LogP contribution in [0.15, 0.2) is 0 Å². The Morgan fingerprint density at radius 2 is 1.95 bits per heavy atom. The van der Waals surface area contributed by atoms with E-state index in [0.29, 0.717) is 19.1 Å². The molecule has 1 atom stereocenters. The first kappa shape index (κ1) is 16.9. The van der Waals surface area contributed by atoms with Gasteiger partial charge in [0, 0.05) is 19.7 Å². The fourth-order valence-electron chi connectivity index (χ4n) is 2.12. The van der Waals surface area contributed by atoms with E-state index in [1.165, 1.54) is 0 Å². The number of carbonyl (C=O) groups excluding carboxylic acids is 1. The number of rotatable bonds is 7. The topological polar surface area (TPSA) is 38.8 Å². The molecule has 1 saturated heterocycles. The normalized spacial score (nSPS) is 18.9. The van der Waals surface area contributed by atoms with Crippen LogP contribution in [0.2, 0.25) is 0 Å².